The second kappa shape index (κ2) is 7.03. The number of rotatable bonds is 4. The number of hydrogen-bond donors (Lipinski definition) is 3. The summed E-state index contributed by atoms with van der Waals surface area (Å²) >= 11 is 6.05. The van der Waals surface area contributed by atoms with Crippen molar-refractivity contribution in [2.24, 2.45) is 5.90 Å². The van der Waals surface area contributed by atoms with Gasteiger partial charge in [-0.25, -0.2) is 25.2 Å². The van der Waals surface area contributed by atoms with Crippen LogP contribution in [0.4, 0.5) is 10.2 Å². The summed E-state index contributed by atoms with van der Waals surface area (Å²) in [6.45, 7) is 1.96. The Bertz CT molecular complexity index is 980. The molecule has 1 saturated carbocycles. The minimum atomic E-state index is -0.504. The molecule has 0 spiro atoms. The number of H-pyrrole nitrogens is 1. The Kier molecular flexibility index (Phi) is 4.71. The number of aromatic nitrogens is 4. The van der Waals surface area contributed by atoms with Crippen molar-refractivity contribution in [1.29, 1.82) is 0 Å². The average molecular weight is 391 g/mol. The van der Waals surface area contributed by atoms with Gasteiger partial charge in [0.05, 0.1) is 16.8 Å². The van der Waals surface area contributed by atoms with Gasteiger partial charge in [-0.1, -0.05) is 11.6 Å². The molecule has 4 N–H and O–H groups in total. The highest BCUT2D eigenvalue weighted by Gasteiger charge is 2.33. The largest absolute Gasteiger partial charge is 0.365 e. The monoisotopic (exact) mass is 390 g/mol. The minimum absolute atomic E-state index is 0.0173. The predicted octanol–water partition coefficient (Wildman–Crippen LogP) is 3.82. The van der Waals surface area contributed by atoms with Gasteiger partial charge in [-0.15, -0.1) is 0 Å². The van der Waals surface area contributed by atoms with E-state index in [0.29, 0.717) is 28.5 Å². The Morgan fingerprint density at radius 1 is 1.41 bits per heavy atom. The van der Waals surface area contributed by atoms with Gasteiger partial charge >= 0.3 is 0 Å². The van der Waals surface area contributed by atoms with Gasteiger partial charge in [0.15, 0.2) is 17.5 Å². The zero-order chi connectivity index (χ0) is 19.0. The van der Waals surface area contributed by atoms with Crippen LogP contribution >= 0.6 is 11.6 Å². The Balaban J connectivity index is 1.64. The lowest BCUT2D eigenvalue weighted by Gasteiger charge is -2.36. The smallest absolute Gasteiger partial charge is 0.183 e. The fraction of sp³-hybridized carbons (Fsp3) is 0.389. The third kappa shape index (κ3) is 3.60. The van der Waals surface area contributed by atoms with E-state index in [1.807, 2.05) is 6.92 Å². The van der Waals surface area contributed by atoms with Crippen LogP contribution in [0.2, 0.25) is 5.02 Å². The second-order valence-corrected chi connectivity index (χ2v) is 7.58. The van der Waals surface area contributed by atoms with Crippen molar-refractivity contribution < 1.29 is 9.23 Å². The summed E-state index contributed by atoms with van der Waals surface area (Å²) in [4.78, 5) is 20.9. The topological polar surface area (TPSA) is 102 Å². The van der Waals surface area contributed by atoms with E-state index in [0.717, 1.165) is 24.6 Å². The number of nitrogens with zero attached hydrogens (tertiary/aromatic N) is 3. The molecule has 2 atom stereocenters. The Morgan fingerprint density at radius 2 is 2.26 bits per heavy atom. The second-order valence-electron chi connectivity index (χ2n) is 7.15. The zero-order valence-corrected chi connectivity index (χ0v) is 15.6. The molecular formula is C18H20ClFN6O. The number of anilines is 1. The van der Waals surface area contributed by atoms with Crippen molar-refractivity contribution in [2.75, 3.05) is 5.32 Å². The van der Waals surface area contributed by atoms with Crippen LogP contribution in [0.25, 0.3) is 22.4 Å². The lowest BCUT2D eigenvalue weighted by atomic mass is 9.83. The van der Waals surface area contributed by atoms with Crippen LogP contribution < -0.4 is 11.2 Å². The molecule has 0 amide bonds. The molecular weight excluding hydrogens is 371 g/mol. The summed E-state index contributed by atoms with van der Waals surface area (Å²) in [6, 6.07) is 1.80. The Hall–Kier alpha value is -2.29. The maximum Gasteiger partial charge on any atom is 0.183 e. The number of fused-ring (bicyclic) bond motifs is 1. The van der Waals surface area contributed by atoms with Gasteiger partial charge in [-0.3, -0.25) is 4.84 Å². The highest BCUT2D eigenvalue weighted by atomic mass is 35.5. The molecule has 4 rings (SSSR count). The first-order valence-electron chi connectivity index (χ1n) is 8.77. The van der Waals surface area contributed by atoms with Crippen LogP contribution in [-0.4, -0.2) is 31.6 Å². The molecule has 0 saturated heterocycles. The summed E-state index contributed by atoms with van der Waals surface area (Å²) in [7, 11) is 0. The van der Waals surface area contributed by atoms with E-state index in [1.165, 1.54) is 6.20 Å². The molecule has 0 radical (unpaired) electrons. The average Bonchev–Trinajstić information content (AvgIpc) is 3.07. The van der Waals surface area contributed by atoms with Crippen LogP contribution in [0.15, 0.2) is 24.7 Å². The third-order valence-electron chi connectivity index (χ3n) is 5.04. The molecule has 9 heteroatoms. The van der Waals surface area contributed by atoms with Gasteiger partial charge in [0, 0.05) is 29.4 Å². The molecule has 0 aromatic carbocycles. The molecule has 1 aliphatic carbocycles. The Morgan fingerprint density at radius 3 is 3.07 bits per heavy atom. The van der Waals surface area contributed by atoms with Gasteiger partial charge in [0.2, 0.25) is 0 Å². The first kappa shape index (κ1) is 18.1. The molecule has 3 aromatic heterocycles. The SMILES string of the molecule is CC1(ON)CCCC(Nc2nc(-c3c[nH]c4ncc(Cl)cc34)ncc2F)C1. The molecule has 0 aliphatic heterocycles. The van der Waals surface area contributed by atoms with Crippen LogP contribution in [-0.2, 0) is 4.84 Å². The van der Waals surface area contributed by atoms with Crippen molar-refractivity contribution in [3.8, 4) is 11.4 Å². The lowest BCUT2D eigenvalue weighted by molar-refractivity contribution is -0.0611. The molecule has 1 fully saturated rings. The number of nitrogens with one attached hydrogen (secondary N) is 2. The van der Waals surface area contributed by atoms with E-state index in [4.69, 9.17) is 22.3 Å². The molecule has 3 heterocycles. The number of hydrogen-bond acceptors (Lipinski definition) is 6. The van der Waals surface area contributed by atoms with Crippen LogP contribution in [0.3, 0.4) is 0 Å². The van der Waals surface area contributed by atoms with Crippen LogP contribution in [0.5, 0.6) is 0 Å². The van der Waals surface area contributed by atoms with Crippen LogP contribution in [0.1, 0.15) is 32.6 Å². The molecule has 2 unspecified atom stereocenters. The maximum atomic E-state index is 14.3. The van der Waals surface area contributed by atoms with Crippen molar-refractivity contribution >= 4 is 28.5 Å². The standard InChI is InChI=1S/C18H20ClFN6O/c1-18(27-21)4-2-3-11(6-18)25-17-14(20)9-24-16(26-17)13-8-23-15-12(13)5-10(19)7-22-15/h5,7-9,11H,2-4,6,21H2,1H3,(H,22,23)(H,24,25,26). The normalized spacial score (nSPS) is 22.9. The number of nitrogens with two attached hydrogens (primary N) is 1. The summed E-state index contributed by atoms with van der Waals surface area (Å²) in [5.41, 5.74) is 0.961. The van der Waals surface area contributed by atoms with Gasteiger partial charge in [0.25, 0.3) is 0 Å². The lowest BCUT2D eigenvalue weighted by Crippen LogP contribution is -2.42. The van der Waals surface area contributed by atoms with E-state index in [2.05, 4.69) is 25.3 Å². The maximum absolute atomic E-state index is 14.3. The van der Waals surface area contributed by atoms with Crippen molar-refractivity contribution in [1.82, 2.24) is 19.9 Å². The third-order valence-corrected chi connectivity index (χ3v) is 5.25. The highest BCUT2D eigenvalue weighted by molar-refractivity contribution is 6.31. The Labute approximate surface area is 160 Å². The molecule has 0 bridgehead atoms. The summed E-state index contributed by atoms with van der Waals surface area (Å²) < 4.78 is 14.3. The predicted molar refractivity (Wildman–Crippen MR) is 102 cm³/mol. The first-order chi connectivity index (χ1) is 13.0. The molecule has 3 aromatic rings. The molecule has 142 valence electrons. The molecule has 27 heavy (non-hydrogen) atoms. The number of halogens is 2. The highest BCUT2D eigenvalue weighted by Crippen LogP contribution is 2.33. The van der Waals surface area contributed by atoms with Gasteiger partial charge in [-0.05, 0) is 38.7 Å². The summed E-state index contributed by atoms with van der Waals surface area (Å²) in [5, 5.41) is 4.47. The van der Waals surface area contributed by atoms with E-state index >= 15 is 0 Å². The van der Waals surface area contributed by atoms with Gasteiger partial charge in [0.1, 0.15) is 5.65 Å². The quantitative estimate of drug-likeness (QED) is 0.585. The van der Waals surface area contributed by atoms with Crippen molar-refractivity contribution in [2.45, 2.75) is 44.2 Å². The van der Waals surface area contributed by atoms with E-state index in [9.17, 15) is 4.39 Å². The first-order valence-corrected chi connectivity index (χ1v) is 9.15. The van der Waals surface area contributed by atoms with E-state index in [-0.39, 0.29) is 11.9 Å². The van der Waals surface area contributed by atoms with E-state index in [1.54, 1.807) is 18.5 Å². The fourth-order valence-electron chi connectivity index (χ4n) is 3.63. The fourth-order valence-corrected chi connectivity index (χ4v) is 3.79. The molecule has 7 nitrogen and oxygen atoms in total. The van der Waals surface area contributed by atoms with Gasteiger partial charge < -0.3 is 10.3 Å². The number of aromatic amines is 1. The van der Waals surface area contributed by atoms with Gasteiger partial charge in [-0.2, -0.15) is 0 Å². The summed E-state index contributed by atoms with van der Waals surface area (Å²) in [6.07, 6.45) is 7.86. The van der Waals surface area contributed by atoms with E-state index < -0.39 is 11.4 Å². The minimum Gasteiger partial charge on any atom is -0.365 e. The van der Waals surface area contributed by atoms with Crippen LogP contribution in [0, 0.1) is 5.82 Å². The zero-order valence-electron chi connectivity index (χ0n) is 14.8. The van der Waals surface area contributed by atoms with Crippen molar-refractivity contribution in [3.63, 3.8) is 0 Å². The number of pyridine rings is 1. The summed E-state index contributed by atoms with van der Waals surface area (Å²) in [5.74, 6) is 5.48. The molecule has 1 aliphatic rings. The van der Waals surface area contributed by atoms with Crippen molar-refractivity contribution in [3.05, 3.63) is 35.5 Å².